The highest BCUT2D eigenvalue weighted by atomic mass is 16.5. The molecule has 1 N–H and O–H groups in total. The SMILES string of the molecule is COC(=O)[C@@](C)(O)CC#N. The number of ether oxygens (including phenoxy) is 1. The summed E-state index contributed by atoms with van der Waals surface area (Å²) in [7, 11) is 1.16. The topological polar surface area (TPSA) is 70.3 Å². The van der Waals surface area contributed by atoms with Crippen LogP contribution in [0.4, 0.5) is 0 Å². The molecule has 0 rings (SSSR count). The molecular weight excluding hydrogens is 134 g/mol. The molecule has 0 aromatic rings. The molecule has 0 aromatic carbocycles. The second-order valence-corrected chi connectivity index (χ2v) is 2.10. The van der Waals surface area contributed by atoms with Crippen molar-refractivity contribution in [2.75, 3.05) is 7.11 Å². The fraction of sp³-hybridized carbons (Fsp3) is 0.667. The number of carbonyl (C=O) groups is 1. The van der Waals surface area contributed by atoms with Crippen molar-refractivity contribution < 1.29 is 14.6 Å². The molecule has 0 unspecified atom stereocenters. The lowest BCUT2D eigenvalue weighted by molar-refractivity contribution is -0.159. The summed E-state index contributed by atoms with van der Waals surface area (Å²) < 4.78 is 4.23. The van der Waals surface area contributed by atoms with Crippen LogP contribution in [-0.4, -0.2) is 23.8 Å². The number of aliphatic hydroxyl groups is 1. The van der Waals surface area contributed by atoms with Crippen LogP contribution in [0.3, 0.4) is 0 Å². The molecule has 0 aromatic heterocycles. The quantitative estimate of drug-likeness (QED) is 0.544. The van der Waals surface area contributed by atoms with Gasteiger partial charge >= 0.3 is 5.97 Å². The van der Waals surface area contributed by atoms with Crippen molar-refractivity contribution in [1.82, 2.24) is 0 Å². The van der Waals surface area contributed by atoms with E-state index in [9.17, 15) is 4.79 Å². The molecule has 0 heterocycles. The monoisotopic (exact) mass is 143 g/mol. The maximum Gasteiger partial charge on any atom is 0.338 e. The van der Waals surface area contributed by atoms with Crippen LogP contribution >= 0.6 is 0 Å². The Kier molecular flexibility index (Phi) is 2.84. The molecule has 0 fully saturated rings. The molecule has 0 aliphatic rings. The Morgan fingerprint density at radius 2 is 2.40 bits per heavy atom. The average Bonchev–Trinajstić information content (AvgIpc) is 1.86. The Hall–Kier alpha value is -1.08. The Morgan fingerprint density at radius 3 is 2.70 bits per heavy atom. The summed E-state index contributed by atoms with van der Waals surface area (Å²) in [6, 6.07) is 1.67. The first kappa shape index (κ1) is 8.92. The maximum absolute atomic E-state index is 10.6. The van der Waals surface area contributed by atoms with Gasteiger partial charge in [-0.05, 0) is 6.92 Å². The molecule has 4 nitrogen and oxygen atoms in total. The third-order valence-corrected chi connectivity index (χ3v) is 1.05. The molecule has 0 saturated heterocycles. The van der Waals surface area contributed by atoms with Gasteiger partial charge < -0.3 is 9.84 Å². The lowest BCUT2D eigenvalue weighted by Crippen LogP contribution is -2.35. The number of esters is 1. The highest BCUT2D eigenvalue weighted by molar-refractivity contribution is 5.78. The van der Waals surface area contributed by atoms with Crippen molar-refractivity contribution in [3.8, 4) is 6.07 Å². The van der Waals surface area contributed by atoms with E-state index in [0.29, 0.717) is 0 Å². The largest absolute Gasteiger partial charge is 0.467 e. The standard InChI is InChI=1S/C6H9NO3/c1-6(9,3-4-7)5(8)10-2/h9H,3H2,1-2H3/t6-/m0/s1. The van der Waals surface area contributed by atoms with Gasteiger partial charge in [-0.1, -0.05) is 0 Å². The van der Waals surface area contributed by atoms with Crippen molar-refractivity contribution in [2.45, 2.75) is 18.9 Å². The number of rotatable bonds is 2. The van der Waals surface area contributed by atoms with E-state index in [4.69, 9.17) is 10.4 Å². The fourth-order valence-corrected chi connectivity index (χ4v) is 0.446. The van der Waals surface area contributed by atoms with E-state index >= 15 is 0 Å². The van der Waals surface area contributed by atoms with Crippen molar-refractivity contribution in [3.63, 3.8) is 0 Å². The molecular formula is C6H9NO3. The minimum atomic E-state index is -1.66. The van der Waals surface area contributed by atoms with Crippen LogP contribution in [0.5, 0.6) is 0 Å². The van der Waals surface area contributed by atoms with Crippen LogP contribution in [0.25, 0.3) is 0 Å². The molecule has 0 amide bonds. The third-order valence-electron chi connectivity index (χ3n) is 1.05. The van der Waals surface area contributed by atoms with Crippen molar-refractivity contribution in [1.29, 1.82) is 5.26 Å². The van der Waals surface area contributed by atoms with Crippen LogP contribution in [0.2, 0.25) is 0 Å². The molecule has 10 heavy (non-hydrogen) atoms. The van der Waals surface area contributed by atoms with Crippen LogP contribution in [0, 0.1) is 11.3 Å². The first-order chi connectivity index (χ1) is 4.54. The third kappa shape index (κ3) is 2.03. The van der Waals surface area contributed by atoms with Crippen molar-refractivity contribution in [2.24, 2.45) is 0 Å². The predicted molar refractivity (Wildman–Crippen MR) is 32.9 cm³/mol. The van der Waals surface area contributed by atoms with Gasteiger partial charge in [-0.3, -0.25) is 0 Å². The highest BCUT2D eigenvalue weighted by Gasteiger charge is 2.30. The summed E-state index contributed by atoms with van der Waals surface area (Å²) in [6.45, 7) is 1.24. The zero-order chi connectivity index (χ0) is 8.20. The second kappa shape index (κ2) is 3.18. The number of nitrogens with zero attached hydrogens (tertiary/aromatic N) is 1. The average molecular weight is 143 g/mol. The van der Waals surface area contributed by atoms with Crippen LogP contribution in [-0.2, 0) is 9.53 Å². The van der Waals surface area contributed by atoms with Gasteiger partial charge in [0.1, 0.15) is 0 Å². The summed E-state index contributed by atoms with van der Waals surface area (Å²) in [5.74, 6) is -0.783. The number of carbonyl (C=O) groups excluding carboxylic acids is 1. The number of hydrogen-bond donors (Lipinski definition) is 1. The van der Waals surface area contributed by atoms with Gasteiger partial charge in [0.25, 0.3) is 0 Å². The molecule has 0 spiro atoms. The Morgan fingerprint density at radius 1 is 1.90 bits per heavy atom. The summed E-state index contributed by atoms with van der Waals surface area (Å²) in [6.07, 6.45) is -0.250. The second-order valence-electron chi connectivity index (χ2n) is 2.10. The van der Waals surface area contributed by atoms with Crippen LogP contribution in [0.1, 0.15) is 13.3 Å². The number of nitriles is 1. The van der Waals surface area contributed by atoms with Gasteiger partial charge in [-0.2, -0.15) is 5.26 Å². The van der Waals surface area contributed by atoms with Gasteiger partial charge in [0.05, 0.1) is 19.6 Å². The molecule has 1 atom stereocenters. The highest BCUT2D eigenvalue weighted by Crippen LogP contribution is 2.09. The minimum Gasteiger partial charge on any atom is -0.467 e. The zero-order valence-corrected chi connectivity index (χ0v) is 5.92. The number of hydrogen-bond acceptors (Lipinski definition) is 4. The molecule has 56 valence electrons. The van der Waals surface area contributed by atoms with Gasteiger partial charge in [0.2, 0.25) is 0 Å². The molecule has 0 bridgehead atoms. The van der Waals surface area contributed by atoms with E-state index in [-0.39, 0.29) is 6.42 Å². The van der Waals surface area contributed by atoms with E-state index in [2.05, 4.69) is 4.74 Å². The van der Waals surface area contributed by atoms with Gasteiger partial charge in [-0.15, -0.1) is 0 Å². The summed E-state index contributed by atoms with van der Waals surface area (Å²) in [5, 5.41) is 17.2. The van der Waals surface area contributed by atoms with Crippen LogP contribution in [0.15, 0.2) is 0 Å². The molecule has 0 aliphatic carbocycles. The van der Waals surface area contributed by atoms with E-state index in [1.165, 1.54) is 6.92 Å². The first-order valence-corrected chi connectivity index (χ1v) is 2.72. The van der Waals surface area contributed by atoms with E-state index in [1.54, 1.807) is 6.07 Å². The van der Waals surface area contributed by atoms with E-state index in [0.717, 1.165) is 7.11 Å². The van der Waals surface area contributed by atoms with Gasteiger partial charge in [-0.25, -0.2) is 4.79 Å². The minimum absolute atomic E-state index is 0.250. The van der Waals surface area contributed by atoms with Gasteiger partial charge in [0, 0.05) is 0 Å². The molecule has 0 radical (unpaired) electrons. The van der Waals surface area contributed by atoms with Crippen molar-refractivity contribution >= 4 is 5.97 Å². The smallest absolute Gasteiger partial charge is 0.338 e. The number of methoxy groups -OCH3 is 1. The normalized spacial score (nSPS) is 15.0. The maximum atomic E-state index is 10.6. The summed E-state index contributed by atoms with van der Waals surface area (Å²) in [4.78, 5) is 10.6. The van der Waals surface area contributed by atoms with E-state index in [1.807, 2.05) is 0 Å². The first-order valence-electron chi connectivity index (χ1n) is 2.72. The zero-order valence-electron chi connectivity index (χ0n) is 5.92. The lowest BCUT2D eigenvalue weighted by Gasteiger charge is -2.15. The molecule has 0 saturated carbocycles. The Labute approximate surface area is 59.0 Å². The lowest BCUT2D eigenvalue weighted by atomic mass is 10.0. The summed E-state index contributed by atoms with van der Waals surface area (Å²) >= 11 is 0. The van der Waals surface area contributed by atoms with Crippen molar-refractivity contribution in [3.05, 3.63) is 0 Å². The molecule has 4 heteroatoms. The van der Waals surface area contributed by atoms with E-state index < -0.39 is 11.6 Å². The Bertz CT molecular complexity index is 168. The van der Waals surface area contributed by atoms with Gasteiger partial charge in [0.15, 0.2) is 5.60 Å². The van der Waals surface area contributed by atoms with Crippen LogP contribution < -0.4 is 0 Å². The summed E-state index contributed by atoms with van der Waals surface area (Å²) in [5.41, 5.74) is -1.66. The Balaban J connectivity index is 4.13. The predicted octanol–water partition coefficient (Wildman–Crippen LogP) is -0.176. The fourth-order valence-electron chi connectivity index (χ4n) is 0.446. The molecule has 0 aliphatic heterocycles.